The molecule has 2 nitrogen and oxygen atoms in total. The van der Waals surface area contributed by atoms with Gasteiger partial charge in [0.25, 0.3) is 0 Å². The maximum Gasteiger partial charge on any atom is 0.144 e. The van der Waals surface area contributed by atoms with Crippen LogP contribution in [0.15, 0.2) is 48.5 Å². The Balaban J connectivity index is 2.12. The smallest absolute Gasteiger partial charge is 0.144 e. The van der Waals surface area contributed by atoms with Gasteiger partial charge in [-0.05, 0) is 35.4 Å². The molecule has 118 valence electrons. The van der Waals surface area contributed by atoms with Gasteiger partial charge in [-0.15, -0.1) is 0 Å². The van der Waals surface area contributed by atoms with E-state index in [9.17, 15) is 0 Å². The van der Waals surface area contributed by atoms with Crippen LogP contribution >= 0.6 is 0 Å². The Kier molecular flexibility index (Phi) is 4.82. The molecule has 0 saturated heterocycles. The van der Waals surface area contributed by atoms with E-state index in [1.807, 2.05) is 0 Å². The molecule has 2 aromatic carbocycles. The maximum atomic E-state index is 3.63. The van der Waals surface area contributed by atoms with Gasteiger partial charge in [0.2, 0.25) is 0 Å². The fourth-order valence-corrected chi connectivity index (χ4v) is 4.42. The van der Waals surface area contributed by atoms with Crippen molar-refractivity contribution < 1.29 is 0 Å². The predicted octanol–water partition coefficient (Wildman–Crippen LogP) is 5.85. The van der Waals surface area contributed by atoms with Gasteiger partial charge in [-0.25, -0.2) is 0 Å². The lowest BCUT2D eigenvalue weighted by Gasteiger charge is -2.20. The minimum Gasteiger partial charge on any atom is -0.411 e. The second-order valence-corrected chi connectivity index (χ2v) is 17.4. The molecule has 0 bridgehead atoms. The first-order valence-corrected chi connectivity index (χ1v) is 14.9. The topological polar surface area (TPSA) is 24.1 Å². The van der Waals surface area contributed by atoms with E-state index >= 15 is 0 Å². The molecule has 0 saturated carbocycles. The second-order valence-electron chi connectivity index (χ2n) is 7.90. The summed E-state index contributed by atoms with van der Waals surface area (Å²) in [6.45, 7) is 13.9. The van der Waals surface area contributed by atoms with Gasteiger partial charge in [0.1, 0.15) is 16.5 Å². The van der Waals surface area contributed by atoms with E-state index in [2.05, 4.69) is 97.8 Å². The number of benzene rings is 2. The fourth-order valence-electron chi connectivity index (χ4n) is 2.36. The fraction of sp³-hybridized carbons (Fsp3) is 0.333. The van der Waals surface area contributed by atoms with Crippen molar-refractivity contribution in [2.45, 2.75) is 39.3 Å². The first-order chi connectivity index (χ1) is 10.1. The van der Waals surface area contributed by atoms with Gasteiger partial charge in [-0.2, -0.15) is 0 Å². The summed E-state index contributed by atoms with van der Waals surface area (Å²) in [5.41, 5.74) is 4.97. The van der Waals surface area contributed by atoms with Crippen LogP contribution in [-0.4, -0.2) is 16.5 Å². The zero-order valence-electron chi connectivity index (χ0n) is 14.6. The summed E-state index contributed by atoms with van der Waals surface area (Å²) in [5.74, 6) is 0. The zero-order valence-corrected chi connectivity index (χ0v) is 16.6. The zero-order chi connectivity index (χ0) is 16.4. The molecular formula is C18H28N2Si2. The van der Waals surface area contributed by atoms with Crippen molar-refractivity contribution in [2.75, 3.05) is 9.96 Å². The molecule has 2 N–H and O–H groups in total. The molecule has 0 fully saturated rings. The Hall–Kier alpha value is -1.53. The van der Waals surface area contributed by atoms with Crippen LogP contribution in [0.3, 0.4) is 0 Å². The van der Waals surface area contributed by atoms with Crippen LogP contribution in [0, 0.1) is 0 Å². The van der Waals surface area contributed by atoms with Crippen molar-refractivity contribution in [1.29, 1.82) is 0 Å². The van der Waals surface area contributed by atoms with Crippen LogP contribution in [-0.2, 0) is 0 Å². The molecule has 0 spiro atoms. The maximum absolute atomic E-state index is 3.63. The van der Waals surface area contributed by atoms with Crippen LogP contribution in [0.2, 0.25) is 39.3 Å². The highest BCUT2D eigenvalue weighted by atomic mass is 28.3. The van der Waals surface area contributed by atoms with Gasteiger partial charge in [0.05, 0.1) is 0 Å². The molecule has 0 radical (unpaired) electrons. The Bertz CT molecular complexity index is 548. The number of hydrogen-bond donors (Lipinski definition) is 2. The molecule has 0 heterocycles. The lowest BCUT2D eigenvalue weighted by atomic mass is 10.1. The van der Waals surface area contributed by atoms with Gasteiger partial charge in [-0.1, -0.05) is 63.5 Å². The number of rotatable bonds is 5. The quantitative estimate of drug-likeness (QED) is 0.673. The van der Waals surface area contributed by atoms with E-state index < -0.39 is 16.5 Å². The van der Waals surface area contributed by atoms with Gasteiger partial charge >= 0.3 is 0 Å². The van der Waals surface area contributed by atoms with E-state index in [1.165, 1.54) is 22.5 Å². The van der Waals surface area contributed by atoms with Gasteiger partial charge in [0.15, 0.2) is 0 Å². The minimum atomic E-state index is -1.28. The second kappa shape index (κ2) is 6.30. The van der Waals surface area contributed by atoms with E-state index in [0.717, 1.165) is 0 Å². The summed E-state index contributed by atoms with van der Waals surface area (Å²) in [7, 11) is -2.56. The van der Waals surface area contributed by atoms with E-state index in [-0.39, 0.29) is 0 Å². The van der Waals surface area contributed by atoms with E-state index in [1.54, 1.807) is 0 Å². The van der Waals surface area contributed by atoms with Crippen molar-refractivity contribution in [2.24, 2.45) is 0 Å². The van der Waals surface area contributed by atoms with Gasteiger partial charge in [0, 0.05) is 11.4 Å². The van der Waals surface area contributed by atoms with Gasteiger partial charge < -0.3 is 9.96 Å². The molecule has 0 aliphatic rings. The third kappa shape index (κ3) is 5.35. The number of nitrogens with one attached hydrogen (secondary N) is 2. The molecule has 0 aliphatic carbocycles. The average Bonchev–Trinajstić information content (AvgIpc) is 2.37. The van der Waals surface area contributed by atoms with Crippen LogP contribution in [0.1, 0.15) is 0 Å². The summed E-state index contributed by atoms with van der Waals surface area (Å²) in [4.78, 5) is 7.26. The molecule has 0 atom stereocenters. The van der Waals surface area contributed by atoms with Crippen LogP contribution in [0.25, 0.3) is 11.1 Å². The first-order valence-electron chi connectivity index (χ1n) is 7.89. The third-order valence-electron chi connectivity index (χ3n) is 3.14. The van der Waals surface area contributed by atoms with Gasteiger partial charge in [-0.3, -0.25) is 0 Å². The molecule has 22 heavy (non-hydrogen) atoms. The molecule has 4 heteroatoms. The van der Waals surface area contributed by atoms with Crippen molar-refractivity contribution >= 4 is 27.8 Å². The molecule has 2 rings (SSSR count). The minimum absolute atomic E-state index is 1.22. The largest absolute Gasteiger partial charge is 0.411 e. The lowest BCUT2D eigenvalue weighted by Crippen LogP contribution is -2.32. The summed E-state index contributed by atoms with van der Waals surface area (Å²) in [6, 6.07) is 17.5. The highest BCUT2D eigenvalue weighted by molar-refractivity contribution is 6.79. The van der Waals surface area contributed by atoms with Crippen molar-refractivity contribution in [3.63, 3.8) is 0 Å². The average molecular weight is 329 g/mol. The highest BCUT2D eigenvalue weighted by Gasteiger charge is 2.13. The SMILES string of the molecule is C[Si](C)(C)Nc1ccc(-c2ccc(N[Si](C)(C)C)cc2)cc1. The lowest BCUT2D eigenvalue weighted by molar-refractivity contribution is 1.54. The Morgan fingerprint density at radius 1 is 0.500 bits per heavy atom. The molecule has 0 amide bonds. The Morgan fingerprint density at radius 3 is 1.00 bits per heavy atom. The Morgan fingerprint density at radius 2 is 0.773 bits per heavy atom. The summed E-state index contributed by atoms with van der Waals surface area (Å²) >= 11 is 0. The monoisotopic (exact) mass is 328 g/mol. The highest BCUT2D eigenvalue weighted by Crippen LogP contribution is 2.24. The molecule has 0 aliphatic heterocycles. The molecule has 0 aromatic heterocycles. The van der Waals surface area contributed by atoms with Crippen LogP contribution in [0.5, 0.6) is 0 Å². The summed E-state index contributed by atoms with van der Waals surface area (Å²) in [6.07, 6.45) is 0. The van der Waals surface area contributed by atoms with Crippen molar-refractivity contribution in [1.82, 2.24) is 0 Å². The van der Waals surface area contributed by atoms with E-state index in [0.29, 0.717) is 0 Å². The summed E-state index contributed by atoms with van der Waals surface area (Å²) < 4.78 is 0. The first kappa shape index (κ1) is 16.8. The van der Waals surface area contributed by atoms with Crippen LogP contribution in [0.4, 0.5) is 11.4 Å². The number of hydrogen-bond acceptors (Lipinski definition) is 2. The molecule has 0 unspecified atom stereocenters. The molecule has 2 aromatic rings. The van der Waals surface area contributed by atoms with Crippen molar-refractivity contribution in [3.05, 3.63) is 48.5 Å². The van der Waals surface area contributed by atoms with E-state index in [4.69, 9.17) is 0 Å². The summed E-state index contributed by atoms with van der Waals surface area (Å²) in [5, 5.41) is 0. The van der Waals surface area contributed by atoms with Crippen molar-refractivity contribution in [3.8, 4) is 11.1 Å². The third-order valence-corrected chi connectivity index (χ3v) is 5.22. The normalized spacial score (nSPS) is 12.1. The Labute approximate surface area is 137 Å². The standard InChI is InChI=1S/C18H28N2Si2/c1-21(2,3)19-17-11-7-15(8-12-17)16-9-13-18(14-10-16)20-22(4,5)6/h7-14,19-20H,1-6H3. The predicted molar refractivity (Wildman–Crippen MR) is 106 cm³/mol. The van der Waals surface area contributed by atoms with Crippen LogP contribution < -0.4 is 9.96 Å². The number of anilines is 2. The molecular weight excluding hydrogens is 300 g/mol.